The van der Waals surface area contributed by atoms with Gasteiger partial charge in [0.2, 0.25) is 0 Å². The van der Waals surface area contributed by atoms with E-state index in [0.29, 0.717) is 6.04 Å². The summed E-state index contributed by atoms with van der Waals surface area (Å²) in [7, 11) is 0. The Bertz CT molecular complexity index is 896. The summed E-state index contributed by atoms with van der Waals surface area (Å²) in [6.45, 7) is 5.46. The van der Waals surface area contributed by atoms with E-state index in [9.17, 15) is 0 Å². The monoisotopic (exact) mass is 385 g/mol. The van der Waals surface area contributed by atoms with Crippen LogP contribution < -0.4 is 15.5 Å². The minimum Gasteiger partial charge on any atom is -0.360 e. The topological polar surface area (TPSA) is 35.3 Å². The zero-order valence-electron chi connectivity index (χ0n) is 17.0. The molecule has 3 aromatic carbocycles. The van der Waals surface area contributed by atoms with E-state index in [1.165, 1.54) is 22.4 Å². The van der Waals surface area contributed by atoms with Gasteiger partial charge in [0, 0.05) is 11.3 Å². The molecule has 148 valence electrons. The van der Waals surface area contributed by atoms with Gasteiger partial charge in [-0.1, -0.05) is 84.9 Å². The lowest BCUT2D eigenvalue weighted by molar-refractivity contribution is -0.938. The molecule has 1 saturated heterocycles. The number of nitrogens with one attached hydrogen (secondary N) is 1. The summed E-state index contributed by atoms with van der Waals surface area (Å²) >= 11 is 0. The van der Waals surface area contributed by atoms with Crippen molar-refractivity contribution in [3.63, 3.8) is 0 Å². The van der Waals surface area contributed by atoms with Crippen LogP contribution in [0.15, 0.2) is 84.9 Å². The van der Waals surface area contributed by atoms with Crippen molar-refractivity contribution in [2.75, 3.05) is 37.6 Å². The number of anilines is 1. The molecule has 0 unspecified atom stereocenters. The Balaban J connectivity index is 1.39. The van der Waals surface area contributed by atoms with E-state index in [4.69, 9.17) is 0 Å². The highest BCUT2D eigenvalue weighted by Crippen LogP contribution is 2.16. The summed E-state index contributed by atoms with van der Waals surface area (Å²) in [6, 6.07) is 30.7. The molecule has 0 aromatic heterocycles. The van der Waals surface area contributed by atoms with E-state index in [1.54, 1.807) is 4.90 Å². The molecule has 1 atom stereocenters. The predicted molar refractivity (Wildman–Crippen MR) is 122 cm³/mol. The third-order valence-corrected chi connectivity index (χ3v) is 5.92. The molecule has 3 aromatic rings. The SMILES string of the molecule is [NH3+]C[C@H](c1ccc(/C=C\c2ccccc2)cc1)[NH+]1CCN(c2ccccc2)CC1. The average molecular weight is 386 g/mol. The first kappa shape index (κ1) is 19.4. The van der Waals surface area contributed by atoms with Crippen LogP contribution in [0.4, 0.5) is 5.69 Å². The molecule has 0 bridgehead atoms. The van der Waals surface area contributed by atoms with Gasteiger partial charge in [-0.05, 0) is 23.3 Å². The van der Waals surface area contributed by atoms with Crippen molar-refractivity contribution in [3.05, 3.63) is 102 Å². The first-order valence-electron chi connectivity index (χ1n) is 10.6. The van der Waals surface area contributed by atoms with Gasteiger partial charge in [0.05, 0.1) is 26.2 Å². The van der Waals surface area contributed by atoms with E-state index in [0.717, 1.165) is 32.7 Å². The fourth-order valence-corrected chi connectivity index (χ4v) is 4.24. The molecular weight excluding hydrogens is 354 g/mol. The molecular formula is C26H31N3+2. The first-order chi connectivity index (χ1) is 14.3. The summed E-state index contributed by atoms with van der Waals surface area (Å²) in [5.74, 6) is 0. The smallest absolute Gasteiger partial charge is 0.163 e. The molecule has 0 amide bonds. The molecule has 1 aliphatic rings. The summed E-state index contributed by atoms with van der Waals surface area (Å²) in [4.78, 5) is 4.15. The highest BCUT2D eigenvalue weighted by atomic mass is 15.3. The Morgan fingerprint density at radius 3 is 1.90 bits per heavy atom. The maximum Gasteiger partial charge on any atom is 0.163 e. The number of hydrogen-bond acceptors (Lipinski definition) is 1. The number of quaternary nitrogens is 2. The molecule has 29 heavy (non-hydrogen) atoms. The number of rotatable bonds is 6. The number of hydrogen-bond donors (Lipinski definition) is 2. The zero-order valence-corrected chi connectivity index (χ0v) is 17.0. The second kappa shape index (κ2) is 9.55. The largest absolute Gasteiger partial charge is 0.360 e. The van der Waals surface area contributed by atoms with Crippen LogP contribution in [0.25, 0.3) is 12.2 Å². The minimum absolute atomic E-state index is 0.472. The molecule has 0 spiro atoms. The van der Waals surface area contributed by atoms with Gasteiger partial charge < -0.3 is 15.5 Å². The van der Waals surface area contributed by atoms with Crippen molar-refractivity contribution in [2.45, 2.75) is 6.04 Å². The van der Waals surface area contributed by atoms with Gasteiger partial charge in [-0.2, -0.15) is 0 Å². The summed E-state index contributed by atoms with van der Waals surface area (Å²) < 4.78 is 0. The van der Waals surface area contributed by atoms with Crippen molar-refractivity contribution in [2.24, 2.45) is 0 Å². The van der Waals surface area contributed by atoms with Crippen LogP contribution in [0.2, 0.25) is 0 Å². The van der Waals surface area contributed by atoms with Crippen molar-refractivity contribution in [1.29, 1.82) is 0 Å². The van der Waals surface area contributed by atoms with Gasteiger partial charge in [0.1, 0.15) is 6.54 Å². The zero-order chi connectivity index (χ0) is 19.9. The lowest BCUT2D eigenvalue weighted by Crippen LogP contribution is -3.16. The summed E-state index contributed by atoms with van der Waals surface area (Å²) in [6.07, 6.45) is 4.35. The third-order valence-electron chi connectivity index (χ3n) is 5.92. The van der Waals surface area contributed by atoms with E-state index >= 15 is 0 Å². The van der Waals surface area contributed by atoms with Crippen molar-refractivity contribution in [1.82, 2.24) is 0 Å². The van der Waals surface area contributed by atoms with Crippen LogP contribution in [0.3, 0.4) is 0 Å². The second-order valence-corrected chi connectivity index (χ2v) is 7.73. The Morgan fingerprint density at radius 2 is 1.31 bits per heavy atom. The van der Waals surface area contributed by atoms with Crippen LogP contribution in [-0.4, -0.2) is 32.7 Å². The third kappa shape index (κ3) is 4.94. The maximum absolute atomic E-state index is 4.26. The van der Waals surface area contributed by atoms with Crippen LogP contribution in [-0.2, 0) is 0 Å². The number of nitrogens with zero attached hydrogens (tertiary/aromatic N) is 1. The van der Waals surface area contributed by atoms with E-state index in [-0.39, 0.29) is 0 Å². The molecule has 0 saturated carbocycles. The lowest BCUT2D eigenvalue weighted by atomic mass is 10.0. The first-order valence-corrected chi connectivity index (χ1v) is 10.6. The Hall–Kier alpha value is -2.88. The quantitative estimate of drug-likeness (QED) is 0.629. The fraction of sp³-hybridized carbons (Fsp3) is 0.231. The second-order valence-electron chi connectivity index (χ2n) is 7.73. The Labute approximate surface area is 174 Å². The normalized spacial score (nSPS) is 16.2. The molecule has 4 rings (SSSR count). The Kier molecular flexibility index (Phi) is 6.40. The van der Waals surface area contributed by atoms with Gasteiger partial charge in [0.25, 0.3) is 0 Å². The van der Waals surface area contributed by atoms with E-state index in [1.807, 2.05) is 6.07 Å². The molecule has 4 N–H and O–H groups in total. The van der Waals surface area contributed by atoms with Gasteiger partial charge in [-0.3, -0.25) is 0 Å². The molecule has 3 nitrogen and oxygen atoms in total. The summed E-state index contributed by atoms with van der Waals surface area (Å²) in [5.41, 5.74) is 9.48. The fourth-order valence-electron chi connectivity index (χ4n) is 4.24. The molecule has 1 aliphatic heterocycles. The van der Waals surface area contributed by atoms with Gasteiger partial charge in [-0.25, -0.2) is 0 Å². The maximum atomic E-state index is 4.26. The van der Waals surface area contributed by atoms with Gasteiger partial charge in [-0.15, -0.1) is 0 Å². The molecule has 3 heteroatoms. The Morgan fingerprint density at radius 1 is 0.759 bits per heavy atom. The van der Waals surface area contributed by atoms with Crippen molar-refractivity contribution < 1.29 is 10.6 Å². The molecule has 0 radical (unpaired) electrons. The number of benzene rings is 3. The standard InChI is InChI=1S/C26H29N3/c27-21-26(29-19-17-28(18-20-29)25-9-5-2-6-10-25)24-15-13-23(14-16-24)12-11-22-7-3-1-4-8-22/h1-16,26H,17-21,27H2/p+2/b12-11-/t26-/m1/s1. The minimum atomic E-state index is 0.472. The number of para-hydroxylation sites is 1. The van der Waals surface area contributed by atoms with E-state index < -0.39 is 0 Å². The lowest BCUT2D eigenvalue weighted by Gasteiger charge is -2.36. The van der Waals surface area contributed by atoms with Crippen LogP contribution in [0.5, 0.6) is 0 Å². The summed E-state index contributed by atoms with van der Waals surface area (Å²) in [5, 5.41) is 0. The highest BCUT2D eigenvalue weighted by molar-refractivity contribution is 5.69. The molecule has 1 heterocycles. The van der Waals surface area contributed by atoms with Gasteiger partial charge in [0.15, 0.2) is 6.04 Å². The van der Waals surface area contributed by atoms with E-state index in [2.05, 4.69) is 102 Å². The van der Waals surface area contributed by atoms with Crippen LogP contribution in [0.1, 0.15) is 22.7 Å². The molecule has 1 fully saturated rings. The van der Waals surface area contributed by atoms with Crippen molar-refractivity contribution >= 4 is 17.8 Å². The van der Waals surface area contributed by atoms with Crippen LogP contribution >= 0.6 is 0 Å². The predicted octanol–water partition coefficient (Wildman–Crippen LogP) is 2.55. The van der Waals surface area contributed by atoms with Crippen molar-refractivity contribution in [3.8, 4) is 0 Å². The van der Waals surface area contributed by atoms with Gasteiger partial charge >= 0.3 is 0 Å². The number of piperazine rings is 1. The van der Waals surface area contributed by atoms with Crippen LogP contribution in [0, 0.1) is 0 Å². The average Bonchev–Trinajstić information content (AvgIpc) is 2.81. The highest BCUT2D eigenvalue weighted by Gasteiger charge is 2.29. The molecule has 0 aliphatic carbocycles.